The maximum Gasteiger partial charge on any atom is 0.306 e. The van der Waals surface area contributed by atoms with Crippen molar-refractivity contribution in [2.75, 3.05) is 20.0 Å². The summed E-state index contributed by atoms with van der Waals surface area (Å²) in [7, 11) is -0.498. The zero-order valence-electron chi connectivity index (χ0n) is 11.1. The maximum absolute atomic E-state index is 11.9. The third-order valence-electron chi connectivity index (χ3n) is 2.84. The number of hydrogen-bond donors (Lipinski definition) is 0. The third-order valence-corrected chi connectivity index (χ3v) is 5.00. The van der Waals surface area contributed by atoms with Gasteiger partial charge in [-0.1, -0.05) is 0 Å². The number of methoxy groups -OCH3 is 2. The van der Waals surface area contributed by atoms with Crippen LogP contribution in [0.25, 0.3) is 0 Å². The number of sulfone groups is 1. The quantitative estimate of drug-likeness (QED) is 0.647. The van der Waals surface area contributed by atoms with E-state index >= 15 is 0 Å². The SMILES string of the molecule is COC(=O)CC(C)S(=O)(=O)CCC(C)(C)OC. The highest BCUT2D eigenvalue weighted by Gasteiger charge is 2.27. The molecule has 0 aliphatic rings. The molecule has 1 atom stereocenters. The molecule has 0 fully saturated rings. The van der Waals surface area contributed by atoms with E-state index in [2.05, 4.69) is 4.74 Å². The molecule has 0 saturated heterocycles. The maximum atomic E-state index is 11.9. The van der Waals surface area contributed by atoms with Gasteiger partial charge >= 0.3 is 5.97 Å². The normalized spacial score (nSPS) is 14.4. The topological polar surface area (TPSA) is 69.7 Å². The van der Waals surface area contributed by atoms with Crippen molar-refractivity contribution in [2.24, 2.45) is 0 Å². The molecule has 102 valence electrons. The van der Waals surface area contributed by atoms with Crippen molar-refractivity contribution < 1.29 is 22.7 Å². The van der Waals surface area contributed by atoms with Gasteiger partial charge in [-0.25, -0.2) is 8.42 Å². The van der Waals surface area contributed by atoms with E-state index in [1.165, 1.54) is 14.0 Å². The van der Waals surface area contributed by atoms with Gasteiger partial charge in [-0.3, -0.25) is 4.79 Å². The van der Waals surface area contributed by atoms with Crippen LogP contribution in [0.3, 0.4) is 0 Å². The van der Waals surface area contributed by atoms with Gasteiger partial charge in [0, 0.05) is 7.11 Å². The molecule has 1 unspecified atom stereocenters. The van der Waals surface area contributed by atoms with Crippen LogP contribution < -0.4 is 0 Å². The molecule has 0 aromatic carbocycles. The predicted molar refractivity (Wildman–Crippen MR) is 65.6 cm³/mol. The van der Waals surface area contributed by atoms with Crippen LogP contribution in [0, 0.1) is 0 Å². The van der Waals surface area contributed by atoms with Crippen molar-refractivity contribution in [3.8, 4) is 0 Å². The van der Waals surface area contributed by atoms with E-state index in [-0.39, 0.29) is 12.2 Å². The summed E-state index contributed by atoms with van der Waals surface area (Å²) in [4.78, 5) is 11.0. The number of hydrogen-bond acceptors (Lipinski definition) is 5. The van der Waals surface area contributed by atoms with Gasteiger partial charge in [0.1, 0.15) is 0 Å². The second-order valence-electron chi connectivity index (χ2n) is 4.67. The van der Waals surface area contributed by atoms with Crippen LogP contribution in [0.4, 0.5) is 0 Å². The van der Waals surface area contributed by atoms with E-state index in [9.17, 15) is 13.2 Å². The van der Waals surface area contributed by atoms with E-state index in [4.69, 9.17) is 4.74 Å². The van der Waals surface area contributed by atoms with Crippen LogP contribution in [0.2, 0.25) is 0 Å². The Kier molecular flexibility index (Phi) is 6.12. The molecule has 0 aliphatic heterocycles. The van der Waals surface area contributed by atoms with Gasteiger partial charge in [0.15, 0.2) is 9.84 Å². The zero-order chi connectivity index (χ0) is 13.7. The molecule has 0 heterocycles. The molecule has 0 saturated carbocycles. The molecule has 0 aromatic heterocycles. The highest BCUT2D eigenvalue weighted by Crippen LogP contribution is 2.17. The summed E-state index contributed by atoms with van der Waals surface area (Å²) in [5.41, 5.74) is -0.474. The Morgan fingerprint density at radius 2 is 1.82 bits per heavy atom. The highest BCUT2D eigenvalue weighted by molar-refractivity contribution is 7.92. The van der Waals surface area contributed by atoms with Crippen molar-refractivity contribution in [3.63, 3.8) is 0 Å². The molecule has 5 nitrogen and oxygen atoms in total. The van der Waals surface area contributed by atoms with Crippen LogP contribution in [-0.2, 0) is 24.1 Å². The summed E-state index contributed by atoms with van der Waals surface area (Å²) in [6.07, 6.45) is 0.295. The first-order chi connectivity index (χ1) is 7.64. The first-order valence-electron chi connectivity index (χ1n) is 5.48. The van der Waals surface area contributed by atoms with Crippen molar-refractivity contribution in [2.45, 2.75) is 44.5 Å². The molecule has 6 heteroatoms. The molecular formula is C11H22O5S. The zero-order valence-corrected chi connectivity index (χ0v) is 12.0. The van der Waals surface area contributed by atoms with Crippen LogP contribution in [-0.4, -0.2) is 45.2 Å². The average molecular weight is 266 g/mol. The molecule has 0 aromatic rings. The van der Waals surface area contributed by atoms with E-state index in [0.717, 1.165) is 0 Å². The van der Waals surface area contributed by atoms with Gasteiger partial charge in [0.2, 0.25) is 0 Å². The second-order valence-corrected chi connectivity index (χ2v) is 7.21. The summed E-state index contributed by atoms with van der Waals surface area (Å²) in [6, 6.07) is 0. The van der Waals surface area contributed by atoms with E-state index in [0.29, 0.717) is 6.42 Å². The minimum atomic E-state index is -3.29. The van der Waals surface area contributed by atoms with Gasteiger partial charge in [-0.2, -0.15) is 0 Å². The molecule has 17 heavy (non-hydrogen) atoms. The third kappa shape index (κ3) is 6.02. The summed E-state index contributed by atoms with van der Waals surface area (Å²) >= 11 is 0. The second kappa shape index (κ2) is 6.35. The lowest BCUT2D eigenvalue weighted by molar-refractivity contribution is -0.140. The van der Waals surface area contributed by atoms with Gasteiger partial charge in [-0.05, 0) is 27.2 Å². The van der Waals surface area contributed by atoms with Gasteiger partial charge in [0.25, 0.3) is 0 Å². The Morgan fingerprint density at radius 3 is 2.24 bits per heavy atom. The van der Waals surface area contributed by atoms with Crippen LogP contribution in [0.15, 0.2) is 0 Å². The standard InChI is InChI=1S/C11H22O5S/c1-9(8-10(12)15-4)17(13,14)7-6-11(2,3)16-5/h9H,6-8H2,1-5H3. The van der Waals surface area contributed by atoms with Crippen molar-refractivity contribution in [1.29, 1.82) is 0 Å². The summed E-state index contributed by atoms with van der Waals surface area (Å²) in [6.45, 7) is 5.17. The minimum Gasteiger partial charge on any atom is -0.469 e. The largest absolute Gasteiger partial charge is 0.469 e. The predicted octanol–water partition coefficient (Wildman–Crippen LogP) is 1.17. The Morgan fingerprint density at radius 1 is 1.29 bits per heavy atom. The molecule has 0 radical (unpaired) electrons. The highest BCUT2D eigenvalue weighted by atomic mass is 32.2. The van der Waals surface area contributed by atoms with E-state index in [1.54, 1.807) is 7.11 Å². The lowest BCUT2D eigenvalue weighted by Gasteiger charge is -2.23. The van der Waals surface area contributed by atoms with Gasteiger partial charge in [0.05, 0.1) is 30.1 Å². The number of esters is 1. The lowest BCUT2D eigenvalue weighted by Crippen LogP contribution is -2.30. The summed E-state index contributed by atoms with van der Waals surface area (Å²) in [5.74, 6) is -0.501. The summed E-state index contributed by atoms with van der Waals surface area (Å²) < 4.78 is 33.4. The fourth-order valence-corrected chi connectivity index (χ4v) is 2.70. The van der Waals surface area contributed by atoms with Crippen LogP contribution >= 0.6 is 0 Å². The van der Waals surface area contributed by atoms with Gasteiger partial charge in [-0.15, -0.1) is 0 Å². The van der Waals surface area contributed by atoms with Crippen molar-refractivity contribution >= 4 is 15.8 Å². The first-order valence-corrected chi connectivity index (χ1v) is 7.19. The van der Waals surface area contributed by atoms with Crippen LogP contribution in [0.5, 0.6) is 0 Å². The molecule has 0 bridgehead atoms. The minimum absolute atomic E-state index is 0.00595. The van der Waals surface area contributed by atoms with E-state index < -0.39 is 26.7 Å². The molecular weight excluding hydrogens is 244 g/mol. The number of rotatable bonds is 7. The number of carbonyl (C=O) groups is 1. The Balaban J connectivity index is 4.43. The average Bonchev–Trinajstić information content (AvgIpc) is 2.26. The fourth-order valence-electron chi connectivity index (χ4n) is 1.14. The molecule has 0 amide bonds. The fraction of sp³-hybridized carbons (Fsp3) is 0.909. The monoisotopic (exact) mass is 266 g/mol. The lowest BCUT2D eigenvalue weighted by atomic mass is 10.1. The first kappa shape index (κ1) is 16.4. The van der Waals surface area contributed by atoms with Crippen LogP contribution in [0.1, 0.15) is 33.6 Å². The van der Waals surface area contributed by atoms with Crippen molar-refractivity contribution in [1.82, 2.24) is 0 Å². The molecule has 0 N–H and O–H groups in total. The molecule has 0 aliphatic carbocycles. The van der Waals surface area contributed by atoms with Gasteiger partial charge < -0.3 is 9.47 Å². The van der Waals surface area contributed by atoms with Crippen molar-refractivity contribution in [3.05, 3.63) is 0 Å². The Hall–Kier alpha value is -0.620. The van der Waals surface area contributed by atoms with E-state index in [1.807, 2.05) is 13.8 Å². The Labute approximate surface area is 103 Å². The number of ether oxygens (including phenoxy) is 2. The molecule has 0 rings (SSSR count). The Bertz CT molecular complexity index is 345. The number of carbonyl (C=O) groups excluding carboxylic acids is 1. The summed E-state index contributed by atoms with van der Waals surface area (Å²) in [5, 5.41) is -0.720. The smallest absolute Gasteiger partial charge is 0.306 e. The molecule has 0 spiro atoms.